The molecule has 11 heteroatoms. The molecule has 0 saturated carbocycles. The number of ether oxygens (including phenoxy) is 1. The molecule has 0 aliphatic rings. The summed E-state index contributed by atoms with van der Waals surface area (Å²) in [6.07, 6.45) is 1.53. The summed E-state index contributed by atoms with van der Waals surface area (Å²) in [5.74, 6) is 0.774. The van der Waals surface area contributed by atoms with Crippen molar-refractivity contribution in [2.75, 3.05) is 17.7 Å². The topological polar surface area (TPSA) is 92.2 Å². The smallest absolute Gasteiger partial charge is 0.180 e. The first kappa shape index (κ1) is 22.3. The van der Waals surface area contributed by atoms with Gasteiger partial charge in [-0.15, -0.1) is 0 Å². The maximum absolute atomic E-state index is 9.81. The minimum Gasteiger partial charge on any atom is -0.504 e. The average Bonchev–Trinajstić information content (AvgIpc) is 2.76. The molecule has 0 spiro atoms. The highest BCUT2D eigenvalue weighted by molar-refractivity contribution is 7.80. The van der Waals surface area contributed by atoms with Crippen LogP contribution in [0.5, 0.6) is 11.5 Å². The van der Waals surface area contributed by atoms with Crippen molar-refractivity contribution in [1.29, 1.82) is 0 Å². The molecular formula is C21H14Cl3N5O2S. The Morgan fingerprint density at radius 2 is 1.75 bits per heavy atom. The molecule has 2 aromatic carbocycles. The van der Waals surface area contributed by atoms with Gasteiger partial charge in [0.25, 0.3) is 0 Å². The van der Waals surface area contributed by atoms with Crippen LogP contribution in [0.15, 0.2) is 48.7 Å². The Bertz CT molecular complexity index is 1330. The van der Waals surface area contributed by atoms with E-state index in [9.17, 15) is 5.11 Å². The number of benzene rings is 2. The van der Waals surface area contributed by atoms with Crippen LogP contribution in [-0.4, -0.2) is 32.3 Å². The van der Waals surface area contributed by atoms with Crippen molar-refractivity contribution in [3.05, 3.63) is 63.7 Å². The number of hydrogen-bond acceptors (Lipinski definition) is 6. The Kier molecular flexibility index (Phi) is 6.48. The van der Waals surface area contributed by atoms with Crippen LogP contribution in [0, 0.1) is 0 Å². The van der Waals surface area contributed by atoms with Crippen LogP contribution >= 0.6 is 47.0 Å². The summed E-state index contributed by atoms with van der Waals surface area (Å²) in [5.41, 5.74) is 2.83. The molecule has 2 aromatic heterocycles. The van der Waals surface area contributed by atoms with E-state index in [4.69, 9.17) is 51.8 Å². The molecule has 0 amide bonds. The lowest BCUT2D eigenvalue weighted by atomic mass is 10.1. The molecular weight excluding hydrogens is 493 g/mol. The van der Waals surface area contributed by atoms with E-state index in [2.05, 4.69) is 25.6 Å². The van der Waals surface area contributed by atoms with Crippen molar-refractivity contribution >= 4 is 74.8 Å². The molecule has 0 aliphatic heterocycles. The molecule has 0 aliphatic carbocycles. The van der Waals surface area contributed by atoms with Crippen molar-refractivity contribution < 1.29 is 9.84 Å². The van der Waals surface area contributed by atoms with Gasteiger partial charge in [-0.2, -0.15) is 0 Å². The molecule has 162 valence electrons. The van der Waals surface area contributed by atoms with E-state index in [-0.39, 0.29) is 10.9 Å². The number of phenolic OH excluding ortho intramolecular Hbond substituents is 1. The van der Waals surface area contributed by atoms with E-state index in [1.165, 1.54) is 13.3 Å². The predicted octanol–water partition coefficient (Wildman–Crippen LogP) is 6.18. The summed E-state index contributed by atoms with van der Waals surface area (Å²) in [6, 6.07) is 11.7. The standard InChI is InChI=1S/C21H14Cl3N5O2S/c1-31-17-6-10(2-5-16(17)30)14-3-4-15-20(26-14)27-18(9-25-15)28-21(32)29-19-12(23)7-11(22)8-13(19)24/h2-9,30H,1H3,(H2,26,27,28,29,32). The van der Waals surface area contributed by atoms with Crippen molar-refractivity contribution in [2.45, 2.75) is 0 Å². The van der Waals surface area contributed by atoms with Crippen molar-refractivity contribution in [3.8, 4) is 22.8 Å². The Morgan fingerprint density at radius 1 is 1.00 bits per heavy atom. The van der Waals surface area contributed by atoms with Gasteiger partial charge < -0.3 is 20.5 Å². The van der Waals surface area contributed by atoms with Crippen LogP contribution in [0.4, 0.5) is 11.5 Å². The number of rotatable bonds is 4. The van der Waals surface area contributed by atoms with Gasteiger partial charge in [0, 0.05) is 10.6 Å². The Morgan fingerprint density at radius 3 is 2.47 bits per heavy atom. The summed E-state index contributed by atoms with van der Waals surface area (Å²) in [6.45, 7) is 0. The molecule has 0 atom stereocenters. The molecule has 2 heterocycles. The Hall–Kier alpha value is -2.91. The monoisotopic (exact) mass is 505 g/mol. The molecule has 4 aromatic rings. The minimum atomic E-state index is 0.0465. The second kappa shape index (κ2) is 9.30. The normalized spacial score (nSPS) is 10.8. The van der Waals surface area contributed by atoms with Gasteiger partial charge in [-0.05, 0) is 54.7 Å². The molecule has 0 radical (unpaired) electrons. The summed E-state index contributed by atoms with van der Waals surface area (Å²) in [5, 5.41) is 17.0. The highest BCUT2D eigenvalue weighted by Gasteiger charge is 2.12. The number of pyridine rings is 1. The zero-order valence-corrected chi connectivity index (χ0v) is 19.4. The Labute approximate surface area is 203 Å². The van der Waals surface area contributed by atoms with Crippen LogP contribution < -0.4 is 15.4 Å². The van der Waals surface area contributed by atoms with Gasteiger partial charge in [-0.1, -0.05) is 34.8 Å². The van der Waals surface area contributed by atoms with E-state index < -0.39 is 0 Å². The number of anilines is 2. The fraction of sp³-hybridized carbons (Fsp3) is 0.0476. The summed E-state index contributed by atoms with van der Waals surface area (Å²) < 4.78 is 5.17. The molecule has 4 rings (SSSR count). The van der Waals surface area contributed by atoms with Gasteiger partial charge in [-0.3, -0.25) is 0 Å². The van der Waals surface area contributed by atoms with E-state index >= 15 is 0 Å². The number of methoxy groups -OCH3 is 1. The third-order valence-electron chi connectivity index (χ3n) is 4.37. The molecule has 32 heavy (non-hydrogen) atoms. The number of fused-ring (bicyclic) bond motifs is 1. The fourth-order valence-corrected chi connectivity index (χ4v) is 4.00. The summed E-state index contributed by atoms with van der Waals surface area (Å²) >= 11 is 23.6. The van der Waals surface area contributed by atoms with E-state index in [1.54, 1.807) is 36.4 Å². The largest absolute Gasteiger partial charge is 0.504 e. The lowest BCUT2D eigenvalue weighted by Crippen LogP contribution is -2.20. The van der Waals surface area contributed by atoms with Crippen molar-refractivity contribution in [3.63, 3.8) is 0 Å². The molecule has 0 bridgehead atoms. The van der Waals surface area contributed by atoms with Gasteiger partial charge in [0.05, 0.1) is 34.7 Å². The molecule has 0 fully saturated rings. The minimum absolute atomic E-state index is 0.0465. The van der Waals surface area contributed by atoms with Gasteiger partial charge in [-0.25, -0.2) is 15.0 Å². The van der Waals surface area contributed by atoms with E-state index in [0.29, 0.717) is 49.2 Å². The van der Waals surface area contributed by atoms with Gasteiger partial charge >= 0.3 is 0 Å². The van der Waals surface area contributed by atoms with Crippen LogP contribution in [-0.2, 0) is 0 Å². The predicted molar refractivity (Wildman–Crippen MR) is 132 cm³/mol. The lowest BCUT2D eigenvalue weighted by Gasteiger charge is -2.13. The number of nitrogens with zero attached hydrogens (tertiary/aromatic N) is 3. The Balaban J connectivity index is 1.58. The van der Waals surface area contributed by atoms with Crippen LogP contribution in [0.2, 0.25) is 15.1 Å². The number of thiocarbonyl (C=S) groups is 1. The maximum Gasteiger partial charge on any atom is 0.180 e. The highest BCUT2D eigenvalue weighted by atomic mass is 35.5. The number of aromatic hydroxyl groups is 1. The highest BCUT2D eigenvalue weighted by Crippen LogP contribution is 2.34. The second-order valence-electron chi connectivity index (χ2n) is 6.50. The number of aromatic nitrogens is 3. The average molecular weight is 507 g/mol. The van der Waals surface area contributed by atoms with E-state index in [1.807, 2.05) is 6.07 Å². The summed E-state index contributed by atoms with van der Waals surface area (Å²) in [7, 11) is 1.48. The first-order valence-electron chi connectivity index (χ1n) is 9.08. The molecule has 3 N–H and O–H groups in total. The number of halogens is 3. The van der Waals surface area contributed by atoms with Gasteiger partial charge in [0.2, 0.25) is 0 Å². The number of phenols is 1. The third-order valence-corrected chi connectivity index (χ3v) is 5.39. The molecule has 0 saturated heterocycles. The van der Waals surface area contributed by atoms with Crippen molar-refractivity contribution in [2.24, 2.45) is 0 Å². The van der Waals surface area contributed by atoms with Gasteiger partial charge in [0.15, 0.2) is 28.1 Å². The number of nitrogens with one attached hydrogen (secondary N) is 2. The summed E-state index contributed by atoms with van der Waals surface area (Å²) in [4.78, 5) is 13.4. The zero-order valence-electron chi connectivity index (χ0n) is 16.4. The van der Waals surface area contributed by atoms with Crippen LogP contribution in [0.25, 0.3) is 22.4 Å². The van der Waals surface area contributed by atoms with E-state index in [0.717, 1.165) is 5.56 Å². The third kappa shape index (κ3) is 4.78. The van der Waals surface area contributed by atoms with Gasteiger partial charge in [0.1, 0.15) is 5.52 Å². The quantitative estimate of drug-likeness (QED) is 0.283. The van der Waals surface area contributed by atoms with Crippen LogP contribution in [0.3, 0.4) is 0 Å². The first-order valence-corrected chi connectivity index (χ1v) is 10.6. The molecule has 0 unspecified atom stereocenters. The second-order valence-corrected chi connectivity index (χ2v) is 8.16. The number of hydrogen-bond donors (Lipinski definition) is 3. The zero-order chi connectivity index (χ0) is 22.8. The first-order chi connectivity index (χ1) is 15.3. The maximum atomic E-state index is 9.81. The lowest BCUT2D eigenvalue weighted by molar-refractivity contribution is 0.373. The fourth-order valence-electron chi connectivity index (χ4n) is 2.88. The SMILES string of the molecule is COc1cc(-c2ccc3ncc(NC(=S)Nc4c(Cl)cc(Cl)cc4Cl)nc3n2)ccc1O. The van der Waals surface area contributed by atoms with Crippen molar-refractivity contribution in [1.82, 2.24) is 15.0 Å². The van der Waals surface area contributed by atoms with Crippen LogP contribution in [0.1, 0.15) is 0 Å². The molecule has 7 nitrogen and oxygen atoms in total.